The fourth-order valence-electron chi connectivity index (χ4n) is 2.33. The Hall–Kier alpha value is -1.51. The summed E-state index contributed by atoms with van der Waals surface area (Å²) < 4.78 is 9.58. The van der Waals surface area contributed by atoms with Crippen molar-refractivity contribution in [2.75, 3.05) is 25.7 Å². The topological polar surface area (TPSA) is 111 Å². The first kappa shape index (κ1) is 32.5. The number of rotatable bonds is 15. The molecule has 0 aliphatic rings. The lowest BCUT2D eigenvalue weighted by Gasteiger charge is -2.17. The van der Waals surface area contributed by atoms with E-state index in [0.717, 1.165) is 12.1 Å². The van der Waals surface area contributed by atoms with Crippen LogP contribution in [0.5, 0.6) is 0 Å². The first-order valence-electron chi connectivity index (χ1n) is 11.0. The van der Waals surface area contributed by atoms with Crippen molar-refractivity contribution in [1.82, 2.24) is 10.6 Å². The maximum absolute atomic E-state index is 12.2. The number of allylic oxidation sites excluding steroid dienone is 2. The zero-order chi connectivity index (χ0) is 26.4. The SMILES string of the molecule is COC(=O)[C@H](CSSC[C@H](NC(=O)/C=C/C[Si](C)(C)C)C(=O)OC)NC(=O)/C=C/C[Si](C)(C)C. The highest BCUT2D eigenvalue weighted by Crippen LogP contribution is 2.23. The average Bonchev–Trinajstić information content (AvgIpc) is 2.71. The summed E-state index contributed by atoms with van der Waals surface area (Å²) in [6.45, 7) is 13.2. The van der Waals surface area contributed by atoms with Gasteiger partial charge in [0, 0.05) is 27.7 Å². The molecule has 0 saturated heterocycles. The number of nitrogens with one attached hydrogen (secondary N) is 2. The molecule has 0 aromatic heterocycles. The van der Waals surface area contributed by atoms with Crippen molar-refractivity contribution < 1.29 is 28.7 Å². The number of hydrogen-bond acceptors (Lipinski definition) is 8. The van der Waals surface area contributed by atoms with E-state index in [2.05, 4.69) is 49.9 Å². The van der Waals surface area contributed by atoms with Gasteiger partial charge in [0.2, 0.25) is 11.8 Å². The summed E-state index contributed by atoms with van der Waals surface area (Å²) in [6, 6.07) is 0.0634. The van der Waals surface area contributed by atoms with Crippen molar-refractivity contribution in [3.05, 3.63) is 24.3 Å². The van der Waals surface area contributed by atoms with Crippen LogP contribution in [0.1, 0.15) is 0 Å². The molecule has 2 N–H and O–H groups in total. The predicted molar refractivity (Wildman–Crippen MR) is 147 cm³/mol. The predicted octanol–water partition coefficient (Wildman–Crippen LogP) is 3.47. The maximum atomic E-state index is 12.2. The molecule has 0 spiro atoms. The Bertz CT molecular complexity index is 687. The second-order valence-corrected chi connectivity index (χ2v) is 23.7. The molecule has 0 aromatic rings. The van der Waals surface area contributed by atoms with E-state index in [1.54, 1.807) is 0 Å². The molecular weight excluding hydrogens is 509 g/mol. The highest BCUT2D eigenvalue weighted by Gasteiger charge is 2.24. The molecule has 194 valence electrons. The third-order valence-corrected chi connectivity index (χ3v) is 9.50. The van der Waals surface area contributed by atoms with Gasteiger partial charge in [-0.25, -0.2) is 9.59 Å². The van der Waals surface area contributed by atoms with E-state index >= 15 is 0 Å². The van der Waals surface area contributed by atoms with E-state index in [0.29, 0.717) is 0 Å². The second-order valence-electron chi connectivity index (χ2n) is 10.1. The molecule has 0 rings (SSSR count). The number of ether oxygens (including phenoxy) is 2. The molecule has 0 fully saturated rings. The average molecular weight is 549 g/mol. The summed E-state index contributed by atoms with van der Waals surface area (Å²) >= 11 is 0. The van der Waals surface area contributed by atoms with Crippen molar-refractivity contribution in [2.45, 2.75) is 63.5 Å². The van der Waals surface area contributed by atoms with Gasteiger partial charge >= 0.3 is 11.9 Å². The molecule has 0 aliphatic carbocycles. The summed E-state index contributed by atoms with van der Waals surface area (Å²) in [5, 5.41) is 5.31. The van der Waals surface area contributed by atoms with Crippen LogP contribution in [-0.4, -0.2) is 77.7 Å². The van der Waals surface area contributed by atoms with Gasteiger partial charge in [-0.2, -0.15) is 0 Å². The Kier molecular flexibility index (Phi) is 15.5. The fraction of sp³-hybridized carbons (Fsp3) is 0.636. The fourth-order valence-corrected chi connectivity index (χ4v) is 6.28. The molecule has 0 aliphatic heterocycles. The van der Waals surface area contributed by atoms with Crippen molar-refractivity contribution in [2.24, 2.45) is 0 Å². The lowest BCUT2D eigenvalue weighted by molar-refractivity contribution is -0.144. The van der Waals surface area contributed by atoms with Gasteiger partial charge in [0.25, 0.3) is 0 Å². The van der Waals surface area contributed by atoms with Gasteiger partial charge in [-0.3, -0.25) is 9.59 Å². The highest BCUT2D eigenvalue weighted by molar-refractivity contribution is 8.76. The van der Waals surface area contributed by atoms with E-state index in [1.165, 1.54) is 48.0 Å². The molecule has 12 heteroatoms. The molecule has 2 amide bonds. The van der Waals surface area contributed by atoms with Gasteiger partial charge in [-0.1, -0.05) is 73.0 Å². The Morgan fingerprint density at radius 1 is 0.706 bits per heavy atom. The monoisotopic (exact) mass is 548 g/mol. The Balaban J connectivity index is 4.79. The second kappa shape index (κ2) is 16.2. The molecule has 0 radical (unpaired) electrons. The minimum Gasteiger partial charge on any atom is -0.467 e. The van der Waals surface area contributed by atoms with Crippen molar-refractivity contribution in [3.8, 4) is 0 Å². The number of carbonyl (C=O) groups is 4. The summed E-state index contributed by atoms with van der Waals surface area (Å²) in [7, 11) is 2.50. The molecule has 8 nitrogen and oxygen atoms in total. The minimum absolute atomic E-state index is 0.239. The molecule has 34 heavy (non-hydrogen) atoms. The van der Waals surface area contributed by atoms with Gasteiger partial charge in [-0.05, 0) is 24.2 Å². The number of hydrogen-bond donors (Lipinski definition) is 2. The largest absolute Gasteiger partial charge is 0.467 e. The summed E-state index contributed by atoms with van der Waals surface area (Å²) in [5.41, 5.74) is 0. The smallest absolute Gasteiger partial charge is 0.329 e. The summed E-state index contributed by atoms with van der Waals surface area (Å²) in [6.07, 6.45) is 6.56. The Morgan fingerprint density at radius 2 is 1.03 bits per heavy atom. The third kappa shape index (κ3) is 17.0. The van der Waals surface area contributed by atoms with Gasteiger partial charge in [0.05, 0.1) is 14.2 Å². The lowest BCUT2D eigenvalue weighted by Crippen LogP contribution is -2.43. The van der Waals surface area contributed by atoms with Crippen LogP contribution in [-0.2, 0) is 28.7 Å². The molecule has 0 unspecified atom stereocenters. The van der Waals surface area contributed by atoms with E-state index < -0.39 is 40.2 Å². The number of esters is 2. The summed E-state index contributed by atoms with van der Waals surface area (Å²) in [4.78, 5) is 48.5. The molecule has 0 saturated carbocycles. The molecule has 0 bridgehead atoms. The number of amides is 2. The van der Waals surface area contributed by atoms with Gasteiger partial charge < -0.3 is 20.1 Å². The van der Waals surface area contributed by atoms with Crippen LogP contribution >= 0.6 is 21.6 Å². The van der Waals surface area contributed by atoms with Crippen LogP contribution < -0.4 is 10.6 Å². The van der Waals surface area contributed by atoms with Crippen LogP contribution in [0, 0.1) is 0 Å². The van der Waals surface area contributed by atoms with Gasteiger partial charge in [0.1, 0.15) is 12.1 Å². The normalized spacial score (nSPS) is 14.0. The first-order valence-corrected chi connectivity index (χ1v) is 20.9. The zero-order valence-electron chi connectivity index (χ0n) is 21.6. The Morgan fingerprint density at radius 3 is 1.29 bits per heavy atom. The number of carbonyl (C=O) groups excluding carboxylic acids is 4. The van der Waals surface area contributed by atoms with Crippen molar-refractivity contribution >= 4 is 61.5 Å². The zero-order valence-corrected chi connectivity index (χ0v) is 25.2. The minimum atomic E-state index is -1.31. The van der Waals surface area contributed by atoms with Gasteiger partial charge in [0.15, 0.2) is 0 Å². The van der Waals surface area contributed by atoms with Crippen LogP contribution in [0.4, 0.5) is 0 Å². The van der Waals surface area contributed by atoms with Crippen LogP contribution in [0.2, 0.25) is 51.4 Å². The van der Waals surface area contributed by atoms with Crippen molar-refractivity contribution in [3.63, 3.8) is 0 Å². The van der Waals surface area contributed by atoms with Crippen LogP contribution in [0.25, 0.3) is 0 Å². The maximum Gasteiger partial charge on any atom is 0.329 e. The number of methoxy groups -OCH3 is 2. The molecule has 2 atom stereocenters. The van der Waals surface area contributed by atoms with Crippen LogP contribution in [0.15, 0.2) is 24.3 Å². The molecule has 0 heterocycles. The third-order valence-electron chi connectivity index (χ3n) is 4.16. The molecule has 0 aromatic carbocycles. The van der Waals surface area contributed by atoms with Crippen molar-refractivity contribution in [1.29, 1.82) is 0 Å². The van der Waals surface area contributed by atoms with E-state index in [4.69, 9.17) is 9.47 Å². The standard InChI is InChI=1S/C22H40N2O6S2Si2/c1-29-21(27)17(23-19(25)11-9-13-33(3,4)5)15-31-32-16-18(22(28)30-2)24-20(26)12-10-14-34(6,7)8/h9-12,17-18H,13-16H2,1-8H3,(H,23,25)(H,24,26)/b11-9+,12-10+/t17-,18-/m0/s1. The van der Waals surface area contributed by atoms with E-state index in [1.807, 2.05) is 12.2 Å². The quantitative estimate of drug-likeness (QED) is 0.105. The highest BCUT2D eigenvalue weighted by atomic mass is 33.1. The van der Waals surface area contributed by atoms with Gasteiger partial charge in [-0.15, -0.1) is 0 Å². The van der Waals surface area contributed by atoms with E-state index in [-0.39, 0.29) is 23.3 Å². The summed E-state index contributed by atoms with van der Waals surface area (Å²) in [5.74, 6) is -1.34. The molecular formula is C22H40N2O6S2Si2. The first-order chi connectivity index (χ1) is 15.7. The Labute approximate surface area is 213 Å². The van der Waals surface area contributed by atoms with Crippen LogP contribution in [0.3, 0.4) is 0 Å². The lowest BCUT2D eigenvalue weighted by atomic mass is 10.3. The van der Waals surface area contributed by atoms with E-state index in [9.17, 15) is 19.2 Å².